The third-order valence-electron chi connectivity index (χ3n) is 4.52. The van der Waals surface area contributed by atoms with Crippen molar-refractivity contribution in [2.45, 2.75) is 25.3 Å². The van der Waals surface area contributed by atoms with Crippen molar-refractivity contribution in [1.82, 2.24) is 10.2 Å². The zero-order chi connectivity index (χ0) is 17.1. The van der Waals surface area contributed by atoms with Gasteiger partial charge in [-0.1, -0.05) is 0 Å². The highest BCUT2D eigenvalue weighted by Crippen LogP contribution is 2.27. The molecule has 2 unspecified atom stereocenters. The van der Waals surface area contributed by atoms with Crippen LogP contribution >= 0.6 is 0 Å². The van der Waals surface area contributed by atoms with Crippen LogP contribution in [0.3, 0.4) is 0 Å². The van der Waals surface area contributed by atoms with Gasteiger partial charge in [0.2, 0.25) is 5.91 Å². The van der Waals surface area contributed by atoms with Gasteiger partial charge in [0.15, 0.2) is 6.23 Å². The summed E-state index contributed by atoms with van der Waals surface area (Å²) in [6.45, 7) is 2.55. The summed E-state index contributed by atoms with van der Waals surface area (Å²) in [6, 6.07) is 6.33. The fourth-order valence-electron chi connectivity index (χ4n) is 3.12. The van der Waals surface area contributed by atoms with Gasteiger partial charge in [-0.15, -0.1) is 0 Å². The van der Waals surface area contributed by atoms with Crippen LogP contribution in [0.5, 0.6) is 5.75 Å². The molecule has 0 aliphatic carbocycles. The molecule has 130 valence electrons. The summed E-state index contributed by atoms with van der Waals surface area (Å²) < 4.78 is 5.66. The summed E-state index contributed by atoms with van der Waals surface area (Å²) in [4.78, 5) is 12.7. The zero-order valence-electron chi connectivity index (χ0n) is 13.4. The molecule has 1 aromatic carbocycles. The third kappa shape index (κ3) is 3.76. The summed E-state index contributed by atoms with van der Waals surface area (Å²) in [5.41, 5.74) is 5.58. The lowest BCUT2D eigenvalue weighted by molar-refractivity contribution is -0.0622. The average Bonchev–Trinajstić information content (AvgIpc) is 2.84. The summed E-state index contributed by atoms with van der Waals surface area (Å²) in [6.07, 6.45) is 1.72. The van der Waals surface area contributed by atoms with E-state index >= 15 is 0 Å². The van der Waals surface area contributed by atoms with Crippen molar-refractivity contribution in [3.63, 3.8) is 0 Å². The van der Waals surface area contributed by atoms with Gasteiger partial charge in [-0.25, -0.2) is 4.90 Å². The largest absolute Gasteiger partial charge is 0.458 e. The second-order valence-electron chi connectivity index (χ2n) is 6.24. The smallest absolute Gasteiger partial charge is 0.248 e. The molecule has 2 atom stereocenters. The SMILES string of the molecule is NC(=O)c1ccc(OC2=CC(O)N(CC3CCNCC3)C2O)cc1. The Bertz CT molecular complexity index is 611. The van der Waals surface area contributed by atoms with E-state index in [0.29, 0.717) is 29.5 Å². The summed E-state index contributed by atoms with van der Waals surface area (Å²) in [5.74, 6) is 0.702. The fourth-order valence-corrected chi connectivity index (χ4v) is 3.12. The number of ether oxygens (including phenoxy) is 1. The van der Waals surface area contributed by atoms with E-state index < -0.39 is 18.4 Å². The first-order chi connectivity index (χ1) is 11.5. The number of rotatable bonds is 5. The predicted octanol–water partition coefficient (Wildman–Crippen LogP) is 0.000200. The molecule has 0 radical (unpaired) electrons. The van der Waals surface area contributed by atoms with E-state index in [9.17, 15) is 15.0 Å². The quantitative estimate of drug-likeness (QED) is 0.604. The van der Waals surface area contributed by atoms with E-state index in [1.807, 2.05) is 0 Å². The minimum Gasteiger partial charge on any atom is -0.458 e. The van der Waals surface area contributed by atoms with Gasteiger partial charge >= 0.3 is 0 Å². The Morgan fingerprint density at radius 1 is 1.25 bits per heavy atom. The number of piperidine rings is 1. The van der Waals surface area contributed by atoms with E-state index in [0.717, 1.165) is 25.9 Å². The molecule has 1 aromatic rings. The Labute approximate surface area is 140 Å². The van der Waals surface area contributed by atoms with Crippen molar-refractivity contribution < 1.29 is 19.7 Å². The maximum Gasteiger partial charge on any atom is 0.248 e. The molecule has 5 N–H and O–H groups in total. The minimum absolute atomic E-state index is 0.295. The van der Waals surface area contributed by atoms with Gasteiger partial charge in [-0.3, -0.25) is 4.79 Å². The molecule has 0 saturated carbocycles. The second kappa shape index (κ2) is 7.31. The van der Waals surface area contributed by atoms with E-state index in [1.54, 1.807) is 29.2 Å². The monoisotopic (exact) mass is 333 g/mol. The van der Waals surface area contributed by atoms with Crippen LogP contribution in [0.1, 0.15) is 23.2 Å². The molecule has 0 aromatic heterocycles. The Kier molecular flexibility index (Phi) is 5.15. The van der Waals surface area contributed by atoms with Gasteiger partial charge in [0, 0.05) is 18.2 Å². The number of hydrogen-bond acceptors (Lipinski definition) is 6. The summed E-state index contributed by atoms with van der Waals surface area (Å²) in [7, 11) is 0. The Morgan fingerprint density at radius 3 is 2.54 bits per heavy atom. The van der Waals surface area contributed by atoms with Gasteiger partial charge in [0.05, 0.1) is 0 Å². The van der Waals surface area contributed by atoms with Crippen molar-refractivity contribution >= 4 is 5.91 Å². The highest BCUT2D eigenvalue weighted by molar-refractivity contribution is 5.92. The van der Waals surface area contributed by atoms with Crippen LogP contribution in [0, 0.1) is 5.92 Å². The standard InChI is InChI=1S/C17H23N3O4/c18-16(22)12-1-3-13(4-2-12)24-14-9-15(21)20(17(14)23)10-11-5-7-19-8-6-11/h1-4,9,11,15,17,19,21,23H,5-8,10H2,(H2,18,22). The van der Waals surface area contributed by atoms with E-state index in [4.69, 9.17) is 10.5 Å². The van der Waals surface area contributed by atoms with Gasteiger partial charge in [0.1, 0.15) is 17.7 Å². The number of aliphatic hydroxyl groups excluding tert-OH is 2. The molecule has 0 spiro atoms. The van der Waals surface area contributed by atoms with Crippen molar-refractivity contribution in [3.05, 3.63) is 41.7 Å². The normalized spacial score (nSPS) is 25.5. The highest BCUT2D eigenvalue weighted by Gasteiger charge is 2.35. The first-order valence-electron chi connectivity index (χ1n) is 8.16. The van der Waals surface area contributed by atoms with Gasteiger partial charge < -0.3 is 26.0 Å². The lowest BCUT2D eigenvalue weighted by atomic mass is 9.97. The number of nitrogens with two attached hydrogens (primary N) is 1. The number of hydrogen-bond donors (Lipinski definition) is 4. The van der Waals surface area contributed by atoms with Crippen LogP contribution in [0.4, 0.5) is 0 Å². The molecular weight excluding hydrogens is 310 g/mol. The number of aliphatic hydroxyl groups is 2. The van der Waals surface area contributed by atoms with Crippen LogP contribution in [0.15, 0.2) is 36.1 Å². The van der Waals surface area contributed by atoms with E-state index in [2.05, 4.69) is 5.32 Å². The van der Waals surface area contributed by atoms with E-state index in [-0.39, 0.29) is 0 Å². The molecule has 0 bridgehead atoms. The van der Waals surface area contributed by atoms with Gasteiger partial charge in [-0.2, -0.15) is 0 Å². The molecule has 1 amide bonds. The first-order valence-corrected chi connectivity index (χ1v) is 8.16. The first kappa shape index (κ1) is 16.9. The molecular formula is C17H23N3O4. The van der Waals surface area contributed by atoms with Crippen molar-refractivity contribution in [2.24, 2.45) is 11.7 Å². The fraction of sp³-hybridized carbons (Fsp3) is 0.471. The van der Waals surface area contributed by atoms with Gasteiger partial charge in [-0.05, 0) is 56.1 Å². The number of carbonyl (C=O) groups excluding carboxylic acids is 1. The zero-order valence-corrected chi connectivity index (χ0v) is 13.4. The number of benzene rings is 1. The van der Waals surface area contributed by atoms with Gasteiger partial charge in [0.25, 0.3) is 0 Å². The molecule has 1 saturated heterocycles. The van der Waals surface area contributed by atoms with E-state index in [1.165, 1.54) is 6.08 Å². The average molecular weight is 333 g/mol. The Morgan fingerprint density at radius 2 is 1.92 bits per heavy atom. The molecule has 7 heteroatoms. The predicted molar refractivity (Wildman–Crippen MR) is 88.0 cm³/mol. The summed E-state index contributed by atoms with van der Waals surface area (Å²) in [5, 5.41) is 23.9. The van der Waals surface area contributed by atoms with Crippen molar-refractivity contribution in [3.8, 4) is 5.75 Å². The second-order valence-corrected chi connectivity index (χ2v) is 6.24. The number of primary amides is 1. The molecule has 2 aliphatic rings. The molecule has 2 heterocycles. The number of amides is 1. The topological polar surface area (TPSA) is 108 Å². The number of nitrogens with one attached hydrogen (secondary N) is 1. The van der Waals surface area contributed by atoms with Crippen LogP contribution < -0.4 is 15.8 Å². The molecule has 7 nitrogen and oxygen atoms in total. The maximum atomic E-state index is 11.1. The van der Waals surface area contributed by atoms with Crippen LogP contribution in [-0.2, 0) is 0 Å². The lowest BCUT2D eigenvalue weighted by Crippen LogP contribution is -2.43. The number of carbonyl (C=O) groups is 1. The van der Waals surface area contributed by atoms with Crippen molar-refractivity contribution in [1.29, 1.82) is 0 Å². The molecule has 24 heavy (non-hydrogen) atoms. The maximum absolute atomic E-state index is 11.1. The van der Waals surface area contributed by atoms with Crippen molar-refractivity contribution in [2.75, 3.05) is 19.6 Å². The van der Waals surface area contributed by atoms with Crippen LogP contribution in [0.25, 0.3) is 0 Å². The Balaban J connectivity index is 1.62. The minimum atomic E-state index is -0.981. The lowest BCUT2D eigenvalue weighted by Gasteiger charge is -2.31. The molecule has 2 aliphatic heterocycles. The molecule has 3 rings (SSSR count). The Hall–Kier alpha value is -1.93. The van der Waals surface area contributed by atoms with Crippen LogP contribution in [-0.4, -0.2) is 53.1 Å². The summed E-state index contributed by atoms with van der Waals surface area (Å²) >= 11 is 0. The number of nitrogens with zero attached hydrogens (tertiary/aromatic N) is 1. The third-order valence-corrected chi connectivity index (χ3v) is 4.52. The van der Waals surface area contributed by atoms with Crippen LogP contribution in [0.2, 0.25) is 0 Å². The molecule has 1 fully saturated rings. The highest BCUT2D eigenvalue weighted by atomic mass is 16.5.